The number of carbonyl (C=O) groups is 2. The van der Waals surface area contributed by atoms with Gasteiger partial charge in [0, 0.05) is 14.1 Å². The number of sulfonamides is 1. The molecule has 0 saturated carbocycles. The van der Waals surface area contributed by atoms with E-state index in [0.29, 0.717) is 0 Å². The van der Waals surface area contributed by atoms with Gasteiger partial charge in [-0.05, 0) is 25.1 Å². The van der Waals surface area contributed by atoms with Gasteiger partial charge < -0.3 is 10.5 Å². The first-order chi connectivity index (χ1) is 9.57. The van der Waals surface area contributed by atoms with E-state index in [1.807, 2.05) is 0 Å². The predicted molar refractivity (Wildman–Crippen MR) is 76.4 cm³/mol. The van der Waals surface area contributed by atoms with Gasteiger partial charge in [0.1, 0.15) is 0 Å². The van der Waals surface area contributed by atoms with Gasteiger partial charge in [-0.2, -0.15) is 0 Å². The van der Waals surface area contributed by atoms with Crippen LogP contribution in [0.2, 0.25) is 5.02 Å². The summed E-state index contributed by atoms with van der Waals surface area (Å²) in [5, 5.41) is 0.00868. The van der Waals surface area contributed by atoms with Crippen LogP contribution in [0.3, 0.4) is 0 Å². The van der Waals surface area contributed by atoms with E-state index < -0.39 is 28.0 Å². The van der Waals surface area contributed by atoms with Crippen molar-refractivity contribution in [1.82, 2.24) is 4.31 Å². The number of primary amides is 1. The third kappa shape index (κ3) is 3.93. The topological polar surface area (TPSA) is 107 Å². The zero-order valence-corrected chi connectivity index (χ0v) is 13.2. The Morgan fingerprint density at radius 1 is 1.33 bits per heavy atom. The van der Waals surface area contributed by atoms with Crippen LogP contribution >= 0.6 is 11.6 Å². The molecular weight excluding hydrogens is 320 g/mol. The van der Waals surface area contributed by atoms with Crippen LogP contribution in [0, 0.1) is 0 Å². The van der Waals surface area contributed by atoms with Crippen LogP contribution in [0.15, 0.2) is 23.1 Å². The molecule has 0 saturated heterocycles. The molecule has 0 radical (unpaired) electrons. The second kappa shape index (κ2) is 6.42. The van der Waals surface area contributed by atoms with E-state index in [1.54, 1.807) is 0 Å². The number of rotatable bonds is 5. The maximum atomic E-state index is 12.0. The maximum Gasteiger partial charge on any atom is 0.340 e. The van der Waals surface area contributed by atoms with Gasteiger partial charge in [-0.15, -0.1) is 0 Å². The van der Waals surface area contributed by atoms with Crippen LogP contribution < -0.4 is 5.73 Å². The van der Waals surface area contributed by atoms with Crippen LogP contribution in [0.1, 0.15) is 17.3 Å². The molecule has 1 atom stereocenters. The molecule has 0 bridgehead atoms. The van der Waals surface area contributed by atoms with Crippen LogP contribution in [-0.4, -0.2) is 44.8 Å². The highest BCUT2D eigenvalue weighted by Gasteiger charge is 2.23. The Morgan fingerprint density at radius 2 is 1.90 bits per heavy atom. The van der Waals surface area contributed by atoms with Crippen LogP contribution in [0.4, 0.5) is 0 Å². The first-order valence-corrected chi connectivity index (χ1v) is 7.61. The van der Waals surface area contributed by atoms with Crippen molar-refractivity contribution < 1.29 is 22.7 Å². The Bertz CT molecular complexity index is 672. The monoisotopic (exact) mass is 334 g/mol. The lowest BCUT2D eigenvalue weighted by Crippen LogP contribution is -2.30. The fourth-order valence-corrected chi connectivity index (χ4v) is 2.44. The average Bonchev–Trinajstić information content (AvgIpc) is 2.38. The van der Waals surface area contributed by atoms with E-state index in [0.717, 1.165) is 10.4 Å². The highest BCUT2D eigenvalue weighted by atomic mass is 35.5. The summed E-state index contributed by atoms with van der Waals surface area (Å²) in [5.41, 5.74) is 4.83. The van der Waals surface area contributed by atoms with E-state index in [1.165, 1.54) is 33.2 Å². The summed E-state index contributed by atoms with van der Waals surface area (Å²) < 4.78 is 29.8. The standard InChI is InChI=1S/C12H15ClN2O5S/c1-7(11(14)16)20-12(17)9-6-8(4-5-10(9)13)21(18,19)15(2)3/h4-7H,1-3H3,(H2,14,16)/t7-/m0/s1. The molecule has 7 nitrogen and oxygen atoms in total. The maximum absolute atomic E-state index is 12.0. The third-order valence-electron chi connectivity index (χ3n) is 2.62. The minimum Gasteiger partial charge on any atom is -0.449 e. The van der Waals surface area contributed by atoms with Crippen molar-refractivity contribution in [3.8, 4) is 0 Å². The lowest BCUT2D eigenvalue weighted by Gasteiger charge is -2.14. The highest BCUT2D eigenvalue weighted by Crippen LogP contribution is 2.23. The largest absolute Gasteiger partial charge is 0.449 e. The van der Waals surface area contributed by atoms with Crippen molar-refractivity contribution in [1.29, 1.82) is 0 Å². The fraction of sp³-hybridized carbons (Fsp3) is 0.333. The average molecular weight is 335 g/mol. The van der Waals surface area contributed by atoms with Gasteiger partial charge in [0.2, 0.25) is 10.0 Å². The van der Waals surface area contributed by atoms with Gasteiger partial charge in [-0.3, -0.25) is 4.79 Å². The number of amides is 1. The lowest BCUT2D eigenvalue weighted by atomic mass is 10.2. The van der Waals surface area contributed by atoms with Gasteiger partial charge in [0.05, 0.1) is 15.5 Å². The molecule has 1 aromatic carbocycles. The number of benzene rings is 1. The molecule has 0 aromatic heterocycles. The Kier molecular flexibility index (Phi) is 5.32. The number of carbonyl (C=O) groups excluding carboxylic acids is 2. The van der Waals surface area contributed by atoms with E-state index in [4.69, 9.17) is 22.1 Å². The Labute approximate surface area is 127 Å². The molecule has 21 heavy (non-hydrogen) atoms. The van der Waals surface area contributed by atoms with Crippen LogP contribution in [0.5, 0.6) is 0 Å². The van der Waals surface area contributed by atoms with Crippen LogP contribution in [0.25, 0.3) is 0 Å². The predicted octanol–water partition coefficient (Wildman–Crippen LogP) is 0.621. The second-order valence-corrected chi connectivity index (χ2v) is 6.94. The van der Waals surface area contributed by atoms with Gasteiger partial charge in [0.25, 0.3) is 5.91 Å². The third-order valence-corrected chi connectivity index (χ3v) is 4.76. The van der Waals surface area contributed by atoms with E-state index in [-0.39, 0.29) is 15.5 Å². The molecule has 116 valence electrons. The number of hydrogen-bond acceptors (Lipinski definition) is 5. The number of halogens is 1. The smallest absolute Gasteiger partial charge is 0.340 e. The quantitative estimate of drug-likeness (QED) is 0.794. The fourth-order valence-electron chi connectivity index (χ4n) is 1.31. The van der Waals surface area contributed by atoms with Gasteiger partial charge in [-0.25, -0.2) is 17.5 Å². The van der Waals surface area contributed by atoms with Crippen molar-refractivity contribution in [3.05, 3.63) is 28.8 Å². The summed E-state index contributed by atoms with van der Waals surface area (Å²) in [6, 6.07) is 3.63. The lowest BCUT2D eigenvalue weighted by molar-refractivity contribution is -0.125. The normalized spacial score (nSPS) is 13.0. The molecule has 0 spiro atoms. The zero-order valence-electron chi connectivity index (χ0n) is 11.7. The zero-order chi connectivity index (χ0) is 16.4. The van der Waals surface area contributed by atoms with E-state index in [9.17, 15) is 18.0 Å². The Morgan fingerprint density at radius 3 is 2.38 bits per heavy atom. The number of nitrogens with two attached hydrogens (primary N) is 1. The molecule has 0 aliphatic rings. The number of hydrogen-bond donors (Lipinski definition) is 1. The van der Waals surface area contributed by atoms with Crippen molar-refractivity contribution in [2.45, 2.75) is 17.9 Å². The molecule has 1 rings (SSSR count). The molecule has 0 unspecified atom stereocenters. The van der Waals surface area contributed by atoms with Gasteiger partial charge in [0.15, 0.2) is 6.10 Å². The molecule has 1 amide bonds. The van der Waals surface area contributed by atoms with Crippen molar-refractivity contribution in [3.63, 3.8) is 0 Å². The molecule has 0 aliphatic heterocycles. The second-order valence-electron chi connectivity index (χ2n) is 4.38. The van der Waals surface area contributed by atoms with E-state index >= 15 is 0 Å². The summed E-state index contributed by atoms with van der Waals surface area (Å²) in [6.07, 6.45) is -1.15. The first kappa shape index (κ1) is 17.4. The highest BCUT2D eigenvalue weighted by molar-refractivity contribution is 7.89. The van der Waals surface area contributed by atoms with Crippen molar-refractivity contribution in [2.75, 3.05) is 14.1 Å². The molecule has 0 heterocycles. The molecule has 1 aromatic rings. The molecule has 2 N–H and O–H groups in total. The SMILES string of the molecule is C[C@H](OC(=O)c1cc(S(=O)(=O)N(C)C)ccc1Cl)C(N)=O. The molecule has 0 fully saturated rings. The van der Waals surface area contributed by atoms with Crippen molar-refractivity contribution >= 4 is 33.5 Å². The summed E-state index contributed by atoms with van der Waals surface area (Å²) in [6.45, 7) is 1.30. The van der Waals surface area contributed by atoms with Crippen molar-refractivity contribution in [2.24, 2.45) is 5.73 Å². The minimum atomic E-state index is -3.72. The number of esters is 1. The first-order valence-electron chi connectivity index (χ1n) is 5.79. The number of ether oxygens (including phenoxy) is 1. The molecule has 0 aliphatic carbocycles. The summed E-state index contributed by atoms with van der Waals surface area (Å²) in [5.74, 6) is -1.75. The molecule has 9 heteroatoms. The molecular formula is C12H15ClN2O5S. The van der Waals surface area contributed by atoms with Gasteiger partial charge >= 0.3 is 5.97 Å². The minimum absolute atomic E-state index is 0.00868. The Hall–Kier alpha value is -1.64. The van der Waals surface area contributed by atoms with E-state index in [2.05, 4.69) is 0 Å². The van der Waals surface area contributed by atoms with Gasteiger partial charge in [-0.1, -0.05) is 11.6 Å². The number of nitrogens with zero attached hydrogens (tertiary/aromatic N) is 1. The summed E-state index contributed by atoms with van der Waals surface area (Å²) >= 11 is 5.86. The summed E-state index contributed by atoms with van der Waals surface area (Å²) in [4.78, 5) is 22.7. The Balaban J connectivity index is 3.20. The van der Waals surface area contributed by atoms with Crippen LogP contribution in [-0.2, 0) is 19.6 Å². The summed E-state index contributed by atoms with van der Waals surface area (Å²) in [7, 11) is -1.00.